The number of halogens is 1. The van der Waals surface area contributed by atoms with Crippen LogP contribution in [-0.2, 0) is 23.5 Å². The van der Waals surface area contributed by atoms with E-state index in [1.807, 2.05) is 0 Å². The molecule has 0 aromatic heterocycles. The van der Waals surface area contributed by atoms with Gasteiger partial charge in [0.25, 0.3) is 0 Å². The molecule has 0 saturated carbocycles. The van der Waals surface area contributed by atoms with Gasteiger partial charge < -0.3 is 43.6 Å². The Bertz CT molecular complexity index is 382. The maximum Gasteiger partial charge on any atom is 0.470 e. The van der Waals surface area contributed by atoms with E-state index in [1.54, 1.807) is 0 Å². The Morgan fingerprint density at radius 1 is 0.905 bits per heavy atom. The van der Waals surface area contributed by atoms with E-state index in [9.17, 15) is 18.9 Å². The smallest absolute Gasteiger partial charge is 0.470 e. The maximum absolute atomic E-state index is 10.8. The van der Waals surface area contributed by atoms with Crippen molar-refractivity contribution in [2.75, 3.05) is 0 Å². The first-order valence-corrected chi connectivity index (χ1v) is 5.45. The zero-order valence-corrected chi connectivity index (χ0v) is 12.4. The molecule has 0 spiro atoms. The quantitative estimate of drug-likeness (QED) is 0.273. The summed E-state index contributed by atoms with van der Waals surface area (Å²) in [6, 6.07) is 0. The van der Waals surface area contributed by atoms with Gasteiger partial charge in [-0.25, -0.2) is 9.36 Å². The highest BCUT2D eigenvalue weighted by Crippen LogP contribution is 2.44. The number of hydrogen-bond donors (Lipinski definition) is 8. The number of carboxylic acid groups (broad SMARTS) is 3. The van der Waals surface area contributed by atoms with Gasteiger partial charge in [0, 0.05) is 0 Å². The first-order chi connectivity index (χ1) is 7.48. The second-order valence-corrected chi connectivity index (χ2v) is 4.19. The van der Waals surface area contributed by atoms with Gasteiger partial charge in [-0.05, 0) is 0 Å². The zero-order valence-electron chi connectivity index (χ0n) is 10.7. The number of hydrogen-bond acceptors (Lipinski definition) is 8. The number of phosphoric acid groups is 1. The van der Waals surface area contributed by atoms with Crippen LogP contribution >= 0.6 is 20.2 Å². The second kappa shape index (κ2) is 11.4. The minimum absolute atomic E-state index is 0. The van der Waals surface area contributed by atoms with Crippen LogP contribution in [0, 0.1) is 0 Å². The van der Waals surface area contributed by atoms with E-state index in [-0.39, 0.29) is 30.9 Å². The Morgan fingerprint density at radius 3 is 1.33 bits per heavy atom. The van der Waals surface area contributed by atoms with Crippen molar-refractivity contribution in [3.63, 3.8) is 0 Å². The lowest BCUT2D eigenvalue weighted by atomic mass is 9.96. The van der Waals surface area contributed by atoms with Crippen LogP contribution in [-0.4, -0.2) is 48.6 Å². The van der Waals surface area contributed by atoms with E-state index in [0.717, 1.165) is 0 Å². The van der Waals surface area contributed by atoms with E-state index in [2.05, 4.69) is 4.52 Å². The molecule has 0 unspecified atom stereocenters. The Hall–Kier alpha value is -1.31. The van der Waals surface area contributed by atoms with Gasteiger partial charge in [-0.2, -0.15) is 0 Å². The van der Waals surface area contributed by atoms with Gasteiger partial charge in [0.2, 0.25) is 0 Å². The summed E-state index contributed by atoms with van der Waals surface area (Å²) in [4.78, 5) is 48.5. The van der Waals surface area contributed by atoms with Crippen LogP contribution in [0.4, 0.5) is 0 Å². The molecular weight excluding hydrogens is 341 g/mol. The fraction of sp³-hybridized carbons (Fsp3) is 0.500. The minimum Gasteiger partial charge on any atom is -0.481 e. The van der Waals surface area contributed by atoms with E-state index in [4.69, 9.17) is 25.1 Å². The first kappa shape index (κ1) is 31.9. The van der Waals surface area contributed by atoms with E-state index >= 15 is 0 Å². The van der Waals surface area contributed by atoms with E-state index < -0.39 is 44.2 Å². The molecule has 0 aliphatic carbocycles. The zero-order chi connectivity index (χ0) is 13.9. The van der Waals surface area contributed by atoms with Gasteiger partial charge in [0.1, 0.15) is 0 Å². The third-order valence-corrected chi connectivity index (χ3v) is 2.14. The SMILES string of the molecule is Cl.N.N.N.O=C(O)CC(CC(=O)O)(OP(=O)(O)O)C(=O)O. The van der Waals surface area contributed by atoms with Gasteiger partial charge in [-0.15, -0.1) is 12.4 Å². The van der Waals surface area contributed by atoms with Gasteiger partial charge in [0.15, 0.2) is 5.60 Å². The third kappa shape index (κ3) is 12.2. The van der Waals surface area contributed by atoms with Crippen molar-refractivity contribution in [2.45, 2.75) is 18.4 Å². The van der Waals surface area contributed by atoms with Gasteiger partial charge in [0.05, 0.1) is 12.8 Å². The predicted octanol–water partition coefficient (Wildman–Crippen LogP) is -0.224. The lowest BCUT2D eigenvalue weighted by Crippen LogP contribution is -2.44. The lowest BCUT2D eigenvalue weighted by molar-refractivity contribution is -0.168. The highest BCUT2D eigenvalue weighted by Gasteiger charge is 2.49. The van der Waals surface area contributed by atoms with Crippen LogP contribution in [0.25, 0.3) is 0 Å². The summed E-state index contributed by atoms with van der Waals surface area (Å²) in [5.74, 6) is -5.64. The molecule has 0 aliphatic rings. The van der Waals surface area contributed by atoms with Crippen molar-refractivity contribution in [2.24, 2.45) is 0 Å². The standard InChI is InChI=1S/C6H9O10P.ClH.3H3N/c7-3(8)1-6(5(11)12,2-4(9)10)16-17(13,14)15;;;;/h1-2H2,(H,7,8)(H,9,10)(H,11,12)(H2,13,14,15);1H;3*1H3. The van der Waals surface area contributed by atoms with Crippen molar-refractivity contribution in [3.05, 3.63) is 0 Å². The average Bonchev–Trinajstić information content (AvgIpc) is 1.96. The van der Waals surface area contributed by atoms with Crippen LogP contribution in [0.15, 0.2) is 0 Å². The maximum atomic E-state index is 10.8. The summed E-state index contributed by atoms with van der Waals surface area (Å²) in [5.41, 5.74) is -3.02. The van der Waals surface area contributed by atoms with Gasteiger partial charge in [-0.1, -0.05) is 0 Å². The fourth-order valence-electron chi connectivity index (χ4n) is 1.03. The van der Waals surface area contributed by atoms with Crippen LogP contribution in [0.2, 0.25) is 0 Å². The predicted molar refractivity (Wildman–Crippen MR) is 70.3 cm³/mol. The third-order valence-electron chi connectivity index (χ3n) is 1.56. The molecule has 13 nitrogen and oxygen atoms in total. The molecule has 0 radical (unpaired) electrons. The van der Waals surface area contributed by atoms with E-state index in [0.29, 0.717) is 0 Å². The van der Waals surface area contributed by atoms with Gasteiger partial charge in [-0.3, -0.25) is 14.1 Å². The van der Waals surface area contributed by atoms with Gasteiger partial charge >= 0.3 is 25.7 Å². The van der Waals surface area contributed by atoms with Crippen LogP contribution in [0.1, 0.15) is 12.8 Å². The molecule has 0 saturated heterocycles. The molecule has 15 heteroatoms. The van der Waals surface area contributed by atoms with Crippen LogP contribution in [0.5, 0.6) is 0 Å². The summed E-state index contributed by atoms with van der Waals surface area (Å²) >= 11 is 0. The fourth-order valence-corrected chi connectivity index (χ4v) is 1.70. The molecule has 14 N–H and O–H groups in total. The highest BCUT2D eigenvalue weighted by molar-refractivity contribution is 7.46. The molecule has 130 valence electrons. The molecule has 0 heterocycles. The van der Waals surface area contributed by atoms with Crippen molar-refractivity contribution in [1.82, 2.24) is 18.5 Å². The summed E-state index contributed by atoms with van der Waals surface area (Å²) < 4.78 is 14.4. The number of carboxylic acids is 3. The Balaban J connectivity index is -0.000000213. The summed E-state index contributed by atoms with van der Waals surface area (Å²) in [6.45, 7) is 0. The number of rotatable bonds is 7. The van der Waals surface area contributed by atoms with Crippen molar-refractivity contribution < 1.29 is 48.6 Å². The monoisotopic (exact) mass is 359 g/mol. The first-order valence-electron chi connectivity index (χ1n) is 3.92. The molecule has 0 fully saturated rings. The normalized spacial score (nSPS) is 9.81. The second-order valence-electron chi connectivity index (χ2n) is 3.02. The lowest BCUT2D eigenvalue weighted by Gasteiger charge is -2.26. The molecule has 0 atom stereocenters. The molecule has 0 aromatic rings. The number of carbonyl (C=O) groups is 3. The molecule has 0 aromatic carbocycles. The molecule has 0 aliphatic heterocycles. The van der Waals surface area contributed by atoms with Crippen molar-refractivity contribution in [3.8, 4) is 0 Å². The average molecular weight is 360 g/mol. The Kier molecular flexibility index (Phi) is 17.2. The van der Waals surface area contributed by atoms with Crippen molar-refractivity contribution >= 4 is 38.1 Å². The molecule has 0 bridgehead atoms. The number of aliphatic carboxylic acids is 3. The van der Waals surface area contributed by atoms with Crippen molar-refractivity contribution in [1.29, 1.82) is 0 Å². The highest BCUT2D eigenvalue weighted by atomic mass is 35.5. The molecule has 0 amide bonds. The number of phosphoric ester groups is 1. The van der Waals surface area contributed by atoms with E-state index in [1.165, 1.54) is 0 Å². The largest absolute Gasteiger partial charge is 0.481 e. The molecule has 21 heavy (non-hydrogen) atoms. The minimum atomic E-state index is -5.36. The molecule has 0 rings (SSSR count). The van der Waals surface area contributed by atoms with Crippen LogP contribution in [0.3, 0.4) is 0 Å². The summed E-state index contributed by atoms with van der Waals surface area (Å²) in [5, 5.41) is 25.5. The topological polar surface area (TPSA) is 284 Å². The molecular formula is C6H19ClN3O10P. The Morgan fingerprint density at radius 2 is 1.19 bits per heavy atom. The summed E-state index contributed by atoms with van der Waals surface area (Å²) in [6.07, 6.45) is -2.81. The Labute approximate surface area is 124 Å². The summed E-state index contributed by atoms with van der Waals surface area (Å²) in [7, 11) is -5.36. The van der Waals surface area contributed by atoms with Crippen LogP contribution < -0.4 is 18.5 Å².